The van der Waals surface area contributed by atoms with Gasteiger partial charge in [-0.05, 0) is 26.0 Å². The first kappa shape index (κ1) is 26.4. The van der Waals surface area contributed by atoms with Gasteiger partial charge in [-0.25, -0.2) is 23.1 Å². The lowest BCUT2D eigenvalue weighted by atomic mass is 9.93. The molecule has 8 nitrogen and oxygen atoms in total. The fourth-order valence-electron chi connectivity index (χ4n) is 4.12. The van der Waals surface area contributed by atoms with E-state index in [0.29, 0.717) is 23.1 Å². The van der Waals surface area contributed by atoms with E-state index in [4.69, 9.17) is 14.2 Å². The van der Waals surface area contributed by atoms with Crippen molar-refractivity contribution in [1.82, 2.24) is 9.97 Å². The number of amidine groups is 1. The molecule has 0 bridgehead atoms. The van der Waals surface area contributed by atoms with Gasteiger partial charge in [0, 0.05) is 46.8 Å². The van der Waals surface area contributed by atoms with Crippen molar-refractivity contribution in [2.75, 3.05) is 25.1 Å². The molecule has 5 rings (SSSR count). The Morgan fingerprint density at radius 1 is 1.13 bits per heavy atom. The number of fused-ring (bicyclic) bond motifs is 1. The third-order valence-corrected chi connectivity index (χ3v) is 6.16. The molecule has 3 N–H and O–H groups in total. The molecular formula is C28H27F3N4O4. The summed E-state index contributed by atoms with van der Waals surface area (Å²) in [5.41, 5.74) is 0.496. The summed E-state index contributed by atoms with van der Waals surface area (Å²) in [7, 11) is 0. The van der Waals surface area contributed by atoms with E-state index in [1.54, 1.807) is 32.2 Å². The van der Waals surface area contributed by atoms with Crippen LogP contribution in [0.2, 0.25) is 0 Å². The maximum Gasteiger partial charge on any atom is 0.289 e. The minimum absolute atomic E-state index is 0.0648. The molecule has 1 atom stereocenters. The lowest BCUT2D eigenvalue weighted by Gasteiger charge is -2.30. The normalized spacial score (nSPS) is 17.2. The summed E-state index contributed by atoms with van der Waals surface area (Å²) in [6.07, 6.45) is 2.73. The lowest BCUT2D eigenvalue weighted by molar-refractivity contribution is 0.0706. The second kappa shape index (κ2) is 10.5. The number of H-pyrrole nitrogens is 1. The number of hydrogen-bond donors (Lipinski definition) is 3. The molecule has 0 amide bonds. The van der Waals surface area contributed by atoms with Crippen LogP contribution in [0, 0.1) is 22.9 Å². The summed E-state index contributed by atoms with van der Waals surface area (Å²) in [5, 5.41) is 12.5. The predicted octanol–water partition coefficient (Wildman–Crippen LogP) is 6.02. The van der Waals surface area contributed by atoms with Crippen LogP contribution in [-0.4, -0.2) is 47.0 Å². The van der Waals surface area contributed by atoms with Crippen LogP contribution >= 0.6 is 0 Å². The number of aliphatic hydroxyl groups is 1. The van der Waals surface area contributed by atoms with Crippen molar-refractivity contribution in [2.45, 2.75) is 26.9 Å². The molecule has 0 aliphatic carbocycles. The van der Waals surface area contributed by atoms with Crippen LogP contribution in [0.15, 0.2) is 53.8 Å². The number of aliphatic hydroxyl groups excluding tert-OH is 1. The first-order valence-electron chi connectivity index (χ1n) is 12.3. The van der Waals surface area contributed by atoms with Crippen molar-refractivity contribution in [3.05, 3.63) is 66.2 Å². The molecule has 0 saturated carbocycles. The Morgan fingerprint density at radius 2 is 1.90 bits per heavy atom. The summed E-state index contributed by atoms with van der Waals surface area (Å²) >= 11 is 0. The maximum atomic E-state index is 15.4. The number of rotatable bonds is 7. The number of ether oxygens (including phenoxy) is 3. The van der Waals surface area contributed by atoms with Crippen molar-refractivity contribution in [3.63, 3.8) is 0 Å². The number of halogens is 3. The minimum atomic E-state index is -0.977. The molecule has 0 unspecified atom stereocenters. The quantitative estimate of drug-likeness (QED) is 0.265. The van der Waals surface area contributed by atoms with Gasteiger partial charge in [-0.2, -0.15) is 0 Å². The second-order valence-corrected chi connectivity index (χ2v) is 9.89. The van der Waals surface area contributed by atoms with Crippen LogP contribution in [0.4, 0.5) is 18.9 Å². The molecule has 39 heavy (non-hydrogen) atoms. The number of nitrogens with zero attached hydrogens (tertiary/aromatic N) is 2. The van der Waals surface area contributed by atoms with Crippen molar-refractivity contribution in [1.29, 1.82) is 0 Å². The van der Waals surface area contributed by atoms with Gasteiger partial charge in [0.05, 0.1) is 24.6 Å². The van der Waals surface area contributed by atoms with Crippen LogP contribution in [-0.2, 0) is 4.74 Å². The first-order valence-corrected chi connectivity index (χ1v) is 12.3. The molecular weight excluding hydrogens is 513 g/mol. The number of anilines is 1. The van der Waals surface area contributed by atoms with Gasteiger partial charge in [-0.1, -0.05) is 19.1 Å². The smallest absolute Gasteiger partial charge is 0.289 e. The number of nitrogens with one attached hydrogen (secondary N) is 2. The molecule has 1 aliphatic heterocycles. The highest BCUT2D eigenvalue weighted by Gasteiger charge is 2.29. The van der Waals surface area contributed by atoms with Crippen LogP contribution in [0.1, 0.15) is 20.8 Å². The zero-order chi connectivity index (χ0) is 27.7. The Labute approximate surface area is 222 Å². The number of hydrogen-bond acceptors (Lipinski definition) is 7. The van der Waals surface area contributed by atoms with Crippen molar-refractivity contribution in [2.24, 2.45) is 10.4 Å². The van der Waals surface area contributed by atoms with Crippen LogP contribution < -0.4 is 14.8 Å². The van der Waals surface area contributed by atoms with Crippen LogP contribution in [0.25, 0.3) is 22.2 Å². The summed E-state index contributed by atoms with van der Waals surface area (Å²) < 4.78 is 62.3. The average molecular weight is 541 g/mol. The minimum Gasteiger partial charge on any atom is -0.488 e. The predicted molar refractivity (Wildman–Crippen MR) is 141 cm³/mol. The SMILES string of the molecule is CC(C)Oc1cccc(-c2c[nH]c3nccc(Oc4c(F)cc(NC5=NC[C@](C)(CO)CO5)cc4F)c23)c1F. The lowest BCUT2D eigenvalue weighted by Crippen LogP contribution is -2.38. The van der Waals surface area contributed by atoms with E-state index in [0.717, 1.165) is 12.1 Å². The molecule has 1 aliphatic rings. The Kier molecular flexibility index (Phi) is 7.09. The molecule has 2 aromatic heterocycles. The summed E-state index contributed by atoms with van der Waals surface area (Å²) in [6.45, 7) is 5.79. The highest BCUT2D eigenvalue weighted by atomic mass is 19.1. The summed E-state index contributed by atoms with van der Waals surface area (Å²) in [5.74, 6) is -3.02. The fraction of sp³-hybridized carbons (Fsp3) is 0.286. The van der Waals surface area contributed by atoms with Gasteiger partial charge in [0.15, 0.2) is 29.0 Å². The van der Waals surface area contributed by atoms with Crippen molar-refractivity contribution < 1.29 is 32.5 Å². The Hall–Kier alpha value is -4.25. The number of aromatic amines is 1. The number of pyridine rings is 1. The van der Waals surface area contributed by atoms with Crippen molar-refractivity contribution >= 4 is 22.7 Å². The first-order chi connectivity index (χ1) is 18.7. The highest BCUT2D eigenvalue weighted by molar-refractivity contribution is 5.98. The second-order valence-electron chi connectivity index (χ2n) is 9.89. The topological polar surface area (TPSA) is 101 Å². The van der Waals surface area contributed by atoms with E-state index >= 15 is 13.2 Å². The summed E-state index contributed by atoms with van der Waals surface area (Å²) in [4.78, 5) is 11.4. The maximum absolute atomic E-state index is 15.4. The molecule has 3 heterocycles. The van der Waals surface area contributed by atoms with Crippen molar-refractivity contribution in [3.8, 4) is 28.4 Å². The zero-order valence-electron chi connectivity index (χ0n) is 21.5. The Morgan fingerprint density at radius 3 is 2.56 bits per heavy atom. The standard InChI is InChI=1S/C28H27F3N4O4/c1-15(2)38-22-6-4-5-17(24(22)31)18-11-33-26-23(18)21(7-8-32-26)39-25-19(29)9-16(10-20(25)30)35-27-34-12-28(3,13-36)14-37-27/h4-11,15,36H,12-14H2,1-3H3,(H,32,33)(H,34,35)/t28-/m1/s1. The van der Waals surface area contributed by atoms with Crippen LogP contribution in [0.3, 0.4) is 0 Å². The Bertz CT molecular complexity index is 1530. The van der Waals surface area contributed by atoms with Gasteiger partial charge < -0.3 is 29.6 Å². The van der Waals surface area contributed by atoms with E-state index in [1.807, 2.05) is 6.92 Å². The van der Waals surface area contributed by atoms with E-state index in [9.17, 15) is 5.11 Å². The number of aromatic nitrogens is 2. The molecule has 0 radical (unpaired) electrons. The van der Waals surface area contributed by atoms with E-state index in [1.165, 1.54) is 18.3 Å². The zero-order valence-corrected chi connectivity index (χ0v) is 21.5. The van der Waals surface area contributed by atoms with Crippen LogP contribution in [0.5, 0.6) is 17.2 Å². The monoisotopic (exact) mass is 540 g/mol. The van der Waals surface area contributed by atoms with Gasteiger partial charge >= 0.3 is 0 Å². The van der Waals surface area contributed by atoms with E-state index in [-0.39, 0.29) is 48.1 Å². The van der Waals surface area contributed by atoms with Gasteiger partial charge in [0.25, 0.3) is 6.02 Å². The average Bonchev–Trinajstić information content (AvgIpc) is 3.33. The van der Waals surface area contributed by atoms with E-state index in [2.05, 4.69) is 20.3 Å². The third-order valence-electron chi connectivity index (χ3n) is 6.16. The molecule has 204 valence electrons. The van der Waals surface area contributed by atoms with Gasteiger partial charge in [0.2, 0.25) is 0 Å². The number of aliphatic imine (C=N–C) groups is 1. The Balaban J connectivity index is 1.46. The highest BCUT2D eigenvalue weighted by Crippen LogP contribution is 2.40. The van der Waals surface area contributed by atoms with Gasteiger partial charge in [0.1, 0.15) is 18.0 Å². The van der Waals surface area contributed by atoms with Gasteiger partial charge in [-0.15, -0.1) is 0 Å². The largest absolute Gasteiger partial charge is 0.488 e. The molecule has 0 spiro atoms. The molecule has 11 heteroatoms. The fourth-order valence-corrected chi connectivity index (χ4v) is 4.12. The molecule has 4 aromatic rings. The van der Waals surface area contributed by atoms with E-state index < -0.39 is 28.6 Å². The summed E-state index contributed by atoms with van der Waals surface area (Å²) in [6, 6.07) is 8.38. The molecule has 0 saturated heterocycles. The van der Waals surface area contributed by atoms with Gasteiger partial charge in [-0.3, -0.25) is 0 Å². The third kappa shape index (κ3) is 5.35. The molecule has 2 aromatic carbocycles. The number of benzene rings is 2. The molecule has 0 fully saturated rings.